The summed E-state index contributed by atoms with van der Waals surface area (Å²) in [7, 11) is 1.79. The van der Waals surface area contributed by atoms with Crippen LogP contribution in [0.2, 0.25) is 0 Å². The fourth-order valence-corrected chi connectivity index (χ4v) is 2.28. The first kappa shape index (κ1) is 18.9. The Morgan fingerprint density at radius 1 is 1.31 bits per heavy atom. The van der Waals surface area contributed by atoms with Gasteiger partial charge in [0.2, 0.25) is 0 Å². The third kappa shape index (κ3) is 4.57. The van der Waals surface area contributed by atoms with Crippen molar-refractivity contribution in [1.82, 2.24) is 9.78 Å². The van der Waals surface area contributed by atoms with Gasteiger partial charge in [0.25, 0.3) is 5.91 Å². The monoisotopic (exact) mass is 352 g/mol. The van der Waals surface area contributed by atoms with Crippen LogP contribution in [0.25, 0.3) is 6.08 Å². The van der Waals surface area contributed by atoms with E-state index >= 15 is 0 Å². The van der Waals surface area contributed by atoms with Crippen molar-refractivity contribution in [2.24, 2.45) is 7.05 Å². The Balaban J connectivity index is 1.94. The van der Waals surface area contributed by atoms with Crippen molar-refractivity contribution in [2.45, 2.75) is 26.9 Å². The number of aromatic nitrogens is 2. The minimum absolute atomic E-state index is 0.427. The molecule has 0 aliphatic carbocycles. The number of aryl methyl sites for hydroxylation is 2. The molecule has 0 saturated carbocycles. The number of ether oxygens (including phenoxy) is 1. The standard InChI is InChI=1S/C19H20N4O3/c1-12-18(13(2)23(4)22-12)21-19(25)14(3)26-17(24)10-9-15-5-7-16(11-20)8-6-15/h5-10,14H,1-4H3,(H,21,25)/b10-9+/t14-/m1/s1. The van der Waals surface area contributed by atoms with Crippen LogP contribution in [0, 0.1) is 25.2 Å². The van der Waals surface area contributed by atoms with Crippen molar-refractivity contribution in [2.75, 3.05) is 5.32 Å². The summed E-state index contributed by atoms with van der Waals surface area (Å²) in [6.45, 7) is 5.13. The van der Waals surface area contributed by atoms with Crippen LogP contribution < -0.4 is 5.32 Å². The maximum absolute atomic E-state index is 12.2. The molecule has 0 saturated heterocycles. The number of nitrogens with one attached hydrogen (secondary N) is 1. The summed E-state index contributed by atoms with van der Waals surface area (Å²) >= 11 is 0. The molecule has 0 spiro atoms. The molecule has 7 nitrogen and oxygen atoms in total. The second-order valence-corrected chi connectivity index (χ2v) is 5.80. The highest BCUT2D eigenvalue weighted by atomic mass is 16.5. The number of amides is 1. The molecule has 0 aliphatic heterocycles. The van der Waals surface area contributed by atoms with Gasteiger partial charge in [-0.25, -0.2) is 4.79 Å². The Labute approximate surface area is 151 Å². The lowest BCUT2D eigenvalue weighted by Gasteiger charge is -2.12. The third-order valence-corrected chi connectivity index (χ3v) is 3.87. The second-order valence-electron chi connectivity index (χ2n) is 5.80. The van der Waals surface area contributed by atoms with Crippen molar-refractivity contribution in [1.29, 1.82) is 5.26 Å². The molecular formula is C19H20N4O3. The average molecular weight is 352 g/mol. The first-order valence-electron chi connectivity index (χ1n) is 8.01. The predicted octanol–water partition coefficient (Wildman–Crippen LogP) is 2.49. The second kappa shape index (κ2) is 8.12. The summed E-state index contributed by atoms with van der Waals surface area (Å²) in [6, 6.07) is 8.76. The smallest absolute Gasteiger partial charge is 0.331 e. The van der Waals surface area contributed by atoms with Crippen LogP contribution in [-0.4, -0.2) is 27.8 Å². The Kier molecular flexibility index (Phi) is 5.91. The van der Waals surface area contributed by atoms with Gasteiger partial charge in [0.05, 0.1) is 28.7 Å². The zero-order valence-electron chi connectivity index (χ0n) is 15.1. The lowest BCUT2D eigenvalue weighted by Crippen LogP contribution is -2.29. The molecule has 1 heterocycles. The SMILES string of the molecule is Cc1nn(C)c(C)c1NC(=O)[C@@H](C)OC(=O)/C=C/c1ccc(C#N)cc1. The third-order valence-electron chi connectivity index (χ3n) is 3.87. The van der Waals surface area contributed by atoms with Gasteiger partial charge in [-0.3, -0.25) is 9.48 Å². The van der Waals surface area contributed by atoms with Crippen LogP contribution in [-0.2, 0) is 21.4 Å². The highest BCUT2D eigenvalue weighted by molar-refractivity contribution is 5.97. The van der Waals surface area contributed by atoms with E-state index in [1.54, 1.807) is 49.0 Å². The molecule has 0 aliphatic rings. The van der Waals surface area contributed by atoms with Crippen LogP contribution in [0.1, 0.15) is 29.4 Å². The molecule has 134 valence electrons. The summed E-state index contributed by atoms with van der Waals surface area (Å²) < 4.78 is 6.79. The number of benzene rings is 1. The van der Waals surface area contributed by atoms with Crippen LogP contribution in [0.3, 0.4) is 0 Å². The molecule has 2 aromatic rings. The molecule has 1 amide bonds. The van der Waals surface area contributed by atoms with E-state index in [0.29, 0.717) is 16.9 Å². The molecule has 1 aromatic carbocycles. The van der Waals surface area contributed by atoms with E-state index < -0.39 is 18.0 Å². The van der Waals surface area contributed by atoms with Crippen LogP contribution in [0.15, 0.2) is 30.3 Å². The Hall–Kier alpha value is -3.40. The summed E-state index contributed by atoms with van der Waals surface area (Å²) in [6.07, 6.45) is 1.85. The molecule has 2 rings (SSSR count). The zero-order chi connectivity index (χ0) is 19.3. The number of rotatable bonds is 5. The number of nitrogens with zero attached hydrogens (tertiary/aromatic N) is 3. The summed E-state index contributed by atoms with van der Waals surface area (Å²) in [5.74, 6) is -1.05. The molecule has 7 heteroatoms. The van der Waals surface area contributed by atoms with E-state index in [4.69, 9.17) is 10.00 Å². The zero-order valence-corrected chi connectivity index (χ0v) is 15.1. The fraction of sp³-hybridized carbons (Fsp3) is 0.263. The molecular weight excluding hydrogens is 332 g/mol. The van der Waals surface area contributed by atoms with Crippen LogP contribution in [0.4, 0.5) is 5.69 Å². The number of esters is 1. The predicted molar refractivity (Wildman–Crippen MR) is 97.1 cm³/mol. The fourth-order valence-electron chi connectivity index (χ4n) is 2.28. The molecule has 1 atom stereocenters. The van der Waals surface area contributed by atoms with Crippen molar-refractivity contribution >= 4 is 23.6 Å². The van der Waals surface area contributed by atoms with Gasteiger partial charge in [-0.1, -0.05) is 12.1 Å². The maximum Gasteiger partial charge on any atom is 0.331 e. The van der Waals surface area contributed by atoms with Gasteiger partial charge in [0, 0.05) is 13.1 Å². The number of nitriles is 1. The largest absolute Gasteiger partial charge is 0.449 e. The van der Waals surface area contributed by atoms with E-state index in [9.17, 15) is 9.59 Å². The minimum atomic E-state index is -0.952. The molecule has 0 radical (unpaired) electrons. The molecule has 1 N–H and O–H groups in total. The van der Waals surface area contributed by atoms with Gasteiger partial charge in [0.15, 0.2) is 6.10 Å². The molecule has 0 fully saturated rings. The average Bonchev–Trinajstić information content (AvgIpc) is 2.86. The van der Waals surface area contributed by atoms with E-state index in [2.05, 4.69) is 10.4 Å². The van der Waals surface area contributed by atoms with Gasteiger partial charge in [-0.2, -0.15) is 10.4 Å². The van der Waals surface area contributed by atoms with E-state index in [1.165, 1.54) is 13.0 Å². The first-order chi connectivity index (χ1) is 12.3. The van der Waals surface area contributed by atoms with Crippen LogP contribution in [0.5, 0.6) is 0 Å². The van der Waals surface area contributed by atoms with Crippen molar-refractivity contribution in [3.63, 3.8) is 0 Å². The molecule has 1 aromatic heterocycles. The quantitative estimate of drug-likeness (QED) is 0.659. The lowest BCUT2D eigenvalue weighted by molar-refractivity contribution is -0.148. The maximum atomic E-state index is 12.2. The Bertz CT molecular complexity index is 889. The topological polar surface area (TPSA) is 97.0 Å². The first-order valence-corrected chi connectivity index (χ1v) is 8.01. The summed E-state index contributed by atoms with van der Waals surface area (Å²) in [4.78, 5) is 24.1. The van der Waals surface area contributed by atoms with Gasteiger partial charge < -0.3 is 10.1 Å². The summed E-state index contributed by atoms with van der Waals surface area (Å²) in [5, 5.41) is 15.7. The van der Waals surface area contributed by atoms with Crippen molar-refractivity contribution in [3.05, 3.63) is 52.9 Å². The minimum Gasteiger partial charge on any atom is -0.449 e. The van der Waals surface area contributed by atoms with Crippen molar-refractivity contribution in [3.8, 4) is 6.07 Å². The summed E-state index contributed by atoms with van der Waals surface area (Å²) in [5.41, 5.74) is 3.41. The highest BCUT2D eigenvalue weighted by Gasteiger charge is 2.20. The number of anilines is 1. The number of hydrogen-bond donors (Lipinski definition) is 1. The highest BCUT2D eigenvalue weighted by Crippen LogP contribution is 2.18. The van der Waals surface area contributed by atoms with Gasteiger partial charge >= 0.3 is 5.97 Å². The van der Waals surface area contributed by atoms with E-state index in [1.807, 2.05) is 13.0 Å². The molecule has 0 unspecified atom stereocenters. The van der Waals surface area contributed by atoms with E-state index in [-0.39, 0.29) is 0 Å². The van der Waals surface area contributed by atoms with E-state index in [0.717, 1.165) is 11.3 Å². The van der Waals surface area contributed by atoms with Gasteiger partial charge in [0.1, 0.15) is 0 Å². The number of hydrogen-bond acceptors (Lipinski definition) is 5. The van der Waals surface area contributed by atoms with Gasteiger partial charge in [-0.15, -0.1) is 0 Å². The van der Waals surface area contributed by atoms with Gasteiger partial charge in [-0.05, 0) is 44.5 Å². The Morgan fingerprint density at radius 2 is 1.96 bits per heavy atom. The normalized spacial score (nSPS) is 11.8. The van der Waals surface area contributed by atoms with Crippen molar-refractivity contribution < 1.29 is 14.3 Å². The Morgan fingerprint density at radius 3 is 2.50 bits per heavy atom. The lowest BCUT2D eigenvalue weighted by atomic mass is 10.1. The molecule has 0 bridgehead atoms. The number of carbonyl (C=O) groups excluding carboxylic acids is 2. The molecule has 26 heavy (non-hydrogen) atoms. The number of carbonyl (C=O) groups is 2. The van der Waals surface area contributed by atoms with Crippen LogP contribution >= 0.6 is 0 Å².